The maximum Gasteiger partial charge on any atom is 0.164 e. The van der Waals surface area contributed by atoms with Crippen LogP contribution in [-0.2, 0) is 0 Å². The Morgan fingerprint density at radius 1 is 0.286 bits per heavy atom. The summed E-state index contributed by atoms with van der Waals surface area (Å²) < 4.78 is 24.3. The Morgan fingerprint density at radius 2 is 0.818 bits per heavy atom. The molecule has 0 aliphatic rings. The lowest BCUT2D eigenvalue weighted by Crippen LogP contribution is -2.00. The zero-order valence-corrected chi connectivity index (χ0v) is 41.7. The number of aromatic nitrogens is 4. The van der Waals surface area contributed by atoms with Crippen molar-refractivity contribution in [1.29, 1.82) is 0 Å². The Bertz CT molecular complexity index is 5180. The van der Waals surface area contributed by atoms with Gasteiger partial charge in [0.05, 0.1) is 11.0 Å². The zero-order valence-electron chi connectivity index (χ0n) is 40.9. The van der Waals surface area contributed by atoms with Crippen molar-refractivity contribution in [3.63, 3.8) is 0 Å². The lowest BCUT2D eigenvalue weighted by Gasteiger charge is -2.10. The molecule has 0 fully saturated rings. The van der Waals surface area contributed by atoms with E-state index in [1.165, 1.54) is 53.1 Å². The van der Waals surface area contributed by atoms with Gasteiger partial charge in [0.1, 0.15) is 33.5 Å². The first kappa shape index (κ1) is 42.2. The highest BCUT2D eigenvalue weighted by Gasteiger charge is 2.22. The highest BCUT2D eigenvalue weighted by atomic mass is 32.1. The summed E-state index contributed by atoms with van der Waals surface area (Å²) in [5, 5.41) is 11.1. The molecule has 8 heteroatoms. The average molecular weight is 1000 g/mol. The van der Waals surface area contributed by atoms with Crippen molar-refractivity contribution < 1.29 is 13.3 Å². The summed E-state index contributed by atoms with van der Waals surface area (Å²) in [6, 6.07) is 81.1. The fourth-order valence-electron chi connectivity index (χ4n) is 11.9. The third-order valence-corrected chi connectivity index (χ3v) is 16.6. The van der Waals surface area contributed by atoms with Gasteiger partial charge in [-0.1, -0.05) is 127 Å². The number of rotatable bonds is 6. The van der Waals surface area contributed by atoms with E-state index < -0.39 is 0 Å². The molecule has 0 saturated heterocycles. The van der Waals surface area contributed by atoms with Crippen LogP contribution in [0.4, 0.5) is 0 Å². The van der Waals surface area contributed by atoms with Gasteiger partial charge in [0.25, 0.3) is 0 Å². The smallest absolute Gasteiger partial charge is 0.164 e. The van der Waals surface area contributed by atoms with E-state index in [9.17, 15) is 0 Å². The molecule has 358 valence electrons. The quantitative estimate of drug-likeness (QED) is 0.165. The summed E-state index contributed by atoms with van der Waals surface area (Å²) >= 11 is 1.84. The third-order valence-electron chi connectivity index (χ3n) is 15.5. The van der Waals surface area contributed by atoms with Gasteiger partial charge in [-0.3, -0.25) is 0 Å². The highest BCUT2D eigenvalue weighted by molar-refractivity contribution is 7.26. The number of furan rings is 3. The van der Waals surface area contributed by atoms with Crippen molar-refractivity contribution in [2.45, 2.75) is 0 Å². The molecule has 0 aliphatic heterocycles. The van der Waals surface area contributed by atoms with Crippen molar-refractivity contribution >= 4 is 119 Å². The third kappa shape index (κ3) is 6.46. The molecule has 0 bridgehead atoms. The van der Waals surface area contributed by atoms with E-state index in [1.54, 1.807) is 0 Å². The molecule has 0 unspecified atom stereocenters. The maximum absolute atomic E-state index is 6.66. The number of nitrogens with zero attached hydrogens (tertiary/aromatic N) is 4. The normalized spacial score (nSPS) is 12.2. The summed E-state index contributed by atoms with van der Waals surface area (Å²) in [5.74, 6) is 1.58. The molecular formula is C69H38N4O3S. The Hall–Kier alpha value is -10.2. The van der Waals surface area contributed by atoms with Crippen molar-refractivity contribution in [3.8, 4) is 62.1 Å². The minimum absolute atomic E-state index is 0.525. The van der Waals surface area contributed by atoms with E-state index >= 15 is 0 Å². The standard InChI is InChI=1S/C69H38N4O3S/c1-2-12-44(13-3-1)73-55-19-7-4-14-46(55)52-36-41(26-31-56(52)73)45-17-11-23-64-66(45)54-35-40(28-33-63(54)77-64)39-27-32-59-53(34-39)65-51(18-10-22-60(65)74-59)69-71-67(42-24-29-49-47-15-5-8-20-57(47)75-61(49)37-42)70-68(72-69)43-25-30-50-48-16-6-9-21-58(48)76-62(50)38-43/h1-38H. The Morgan fingerprint density at radius 3 is 1.57 bits per heavy atom. The molecule has 0 N–H and O–H groups in total. The van der Waals surface area contributed by atoms with Crippen LogP contribution in [0.25, 0.3) is 170 Å². The number of hydrogen-bond acceptors (Lipinski definition) is 7. The highest BCUT2D eigenvalue weighted by Crippen LogP contribution is 2.45. The van der Waals surface area contributed by atoms with Gasteiger partial charge < -0.3 is 17.8 Å². The predicted molar refractivity (Wildman–Crippen MR) is 316 cm³/mol. The van der Waals surface area contributed by atoms with Crippen molar-refractivity contribution in [3.05, 3.63) is 231 Å². The lowest BCUT2D eigenvalue weighted by atomic mass is 9.96. The Kier molecular flexibility index (Phi) is 8.87. The SMILES string of the molecule is c1ccc(-n2c3ccccc3c3cc(-c4cccc5sc6ccc(-c7ccc8oc9cccc(-c%10nc(-c%11ccc%12c(c%11)oc%11ccccc%11%12)nc(-c%11ccc%12c(c%11)oc%11ccccc%11%12)n%10)c9c8c7)cc6c45)ccc32)cc1. The van der Waals surface area contributed by atoms with Crippen LogP contribution in [0.3, 0.4) is 0 Å². The van der Waals surface area contributed by atoms with E-state index in [4.69, 9.17) is 28.2 Å². The van der Waals surface area contributed by atoms with E-state index in [2.05, 4.69) is 174 Å². The van der Waals surface area contributed by atoms with E-state index in [0.717, 1.165) is 99.3 Å². The molecular weight excluding hydrogens is 965 g/mol. The first-order valence-corrected chi connectivity index (χ1v) is 26.5. The van der Waals surface area contributed by atoms with E-state index in [0.29, 0.717) is 17.5 Å². The van der Waals surface area contributed by atoms with Crippen LogP contribution < -0.4 is 0 Å². The topological polar surface area (TPSA) is 83.0 Å². The number of fused-ring (bicyclic) bond motifs is 15. The zero-order chi connectivity index (χ0) is 50.3. The van der Waals surface area contributed by atoms with E-state index in [-0.39, 0.29) is 0 Å². The molecule has 0 amide bonds. The molecule has 17 aromatic rings. The molecule has 77 heavy (non-hydrogen) atoms. The van der Waals surface area contributed by atoms with Crippen molar-refractivity contribution in [2.75, 3.05) is 0 Å². The molecule has 0 spiro atoms. The van der Waals surface area contributed by atoms with Crippen LogP contribution in [-0.4, -0.2) is 19.5 Å². The summed E-state index contributed by atoms with van der Waals surface area (Å²) in [6.45, 7) is 0. The number of benzene rings is 11. The van der Waals surface area contributed by atoms with Crippen LogP contribution in [0.5, 0.6) is 0 Å². The first-order valence-electron chi connectivity index (χ1n) is 25.7. The molecule has 0 saturated carbocycles. The van der Waals surface area contributed by atoms with Crippen LogP contribution in [0.2, 0.25) is 0 Å². The van der Waals surface area contributed by atoms with Gasteiger partial charge in [0, 0.05) is 85.6 Å². The molecule has 6 aromatic heterocycles. The maximum atomic E-state index is 6.66. The monoisotopic (exact) mass is 1000 g/mol. The average Bonchev–Trinajstić information content (AvgIpc) is 4.35. The molecule has 0 radical (unpaired) electrons. The number of hydrogen-bond donors (Lipinski definition) is 0. The van der Waals surface area contributed by atoms with Crippen LogP contribution in [0.1, 0.15) is 0 Å². The molecule has 7 nitrogen and oxygen atoms in total. The van der Waals surface area contributed by atoms with Gasteiger partial charge in [-0.2, -0.15) is 0 Å². The van der Waals surface area contributed by atoms with Gasteiger partial charge in [-0.25, -0.2) is 15.0 Å². The second kappa shape index (κ2) is 16.2. The molecule has 0 atom stereocenters. The second-order valence-corrected chi connectivity index (χ2v) is 20.9. The summed E-state index contributed by atoms with van der Waals surface area (Å²) in [6.07, 6.45) is 0. The lowest BCUT2D eigenvalue weighted by molar-refractivity contribution is 0.668. The second-order valence-electron chi connectivity index (χ2n) is 19.8. The number of thiophene rings is 1. The van der Waals surface area contributed by atoms with E-state index in [1.807, 2.05) is 72.0 Å². The predicted octanol–water partition coefficient (Wildman–Crippen LogP) is 19.4. The minimum Gasteiger partial charge on any atom is -0.456 e. The van der Waals surface area contributed by atoms with Gasteiger partial charge in [0.15, 0.2) is 17.5 Å². The van der Waals surface area contributed by atoms with Crippen LogP contribution in [0.15, 0.2) is 244 Å². The Balaban J connectivity index is 0.815. The van der Waals surface area contributed by atoms with Crippen LogP contribution >= 0.6 is 11.3 Å². The molecule has 6 heterocycles. The number of para-hydroxylation sites is 4. The van der Waals surface area contributed by atoms with Gasteiger partial charge in [-0.05, 0) is 125 Å². The first-order chi connectivity index (χ1) is 38.1. The Labute approximate surface area is 442 Å². The fraction of sp³-hybridized carbons (Fsp3) is 0. The molecule has 11 aromatic carbocycles. The summed E-state index contributed by atoms with van der Waals surface area (Å²) in [7, 11) is 0. The summed E-state index contributed by atoms with van der Waals surface area (Å²) in [5.41, 5.74) is 15.3. The minimum atomic E-state index is 0.525. The van der Waals surface area contributed by atoms with Gasteiger partial charge in [-0.15, -0.1) is 11.3 Å². The van der Waals surface area contributed by atoms with Crippen LogP contribution in [0, 0.1) is 0 Å². The van der Waals surface area contributed by atoms with Gasteiger partial charge in [0.2, 0.25) is 0 Å². The molecule has 17 rings (SSSR count). The van der Waals surface area contributed by atoms with Crippen molar-refractivity contribution in [1.82, 2.24) is 19.5 Å². The van der Waals surface area contributed by atoms with Crippen molar-refractivity contribution in [2.24, 2.45) is 0 Å². The fourth-order valence-corrected chi connectivity index (χ4v) is 13.0. The summed E-state index contributed by atoms with van der Waals surface area (Å²) in [4.78, 5) is 15.7. The largest absolute Gasteiger partial charge is 0.456 e. The molecule has 0 aliphatic carbocycles. The van der Waals surface area contributed by atoms with Gasteiger partial charge >= 0.3 is 0 Å².